The van der Waals surface area contributed by atoms with Gasteiger partial charge in [0.1, 0.15) is 11.3 Å². The van der Waals surface area contributed by atoms with Crippen molar-refractivity contribution in [2.24, 2.45) is 0 Å². The monoisotopic (exact) mass is 255 g/mol. The van der Waals surface area contributed by atoms with Crippen LogP contribution in [0.25, 0.3) is 11.0 Å². The van der Waals surface area contributed by atoms with Gasteiger partial charge < -0.3 is 9.52 Å². The van der Waals surface area contributed by atoms with Crippen molar-refractivity contribution in [1.29, 1.82) is 0 Å². The van der Waals surface area contributed by atoms with Crippen molar-refractivity contribution in [1.82, 2.24) is 0 Å². The van der Waals surface area contributed by atoms with Gasteiger partial charge in [-0.1, -0.05) is 12.1 Å². The van der Waals surface area contributed by atoms with Crippen molar-refractivity contribution >= 4 is 32.6 Å². The second kappa shape index (κ2) is 3.77. The second-order valence-electron chi connectivity index (χ2n) is 3.48. The van der Waals surface area contributed by atoms with Crippen molar-refractivity contribution in [2.75, 3.05) is 11.0 Å². The van der Waals surface area contributed by atoms with Gasteiger partial charge in [0.05, 0.1) is 6.26 Å². The first kappa shape index (κ1) is 11.5. The van der Waals surface area contributed by atoms with Crippen LogP contribution in [0, 0.1) is 0 Å². The molecule has 0 fully saturated rings. The Morgan fingerprint density at radius 2 is 2.00 bits per heavy atom. The fraction of sp³-hybridized carbons (Fsp3) is 0.100. The van der Waals surface area contributed by atoms with Crippen molar-refractivity contribution in [3.8, 4) is 0 Å². The maximum Gasteiger partial charge on any atom is 0.374 e. The summed E-state index contributed by atoms with van der Waals surface area (Å²) in [4.78, 5) is 10.9. The number of hydrogen-bond donors (Lipinski definition) is 2. The maximum absolute atomic E-state index is 11.2. The lowest BCUT2D eigenvalue weighted by molar-refractivity contribution is 0.0666. The number of benzene rings is 1. The summed E-state index contributed by atoms with van der Waals surface area (Å²) in [6.07, 6.45) is 0.945. The number of para-hydroxylation sites is 1. The molecule has 0 aliphatic rings. The van der Waals surface area contributed by atoms with Crippen molar-refractivity contribution in [3.05, 3.63) is 30.0 Å². The highest BCUT2D eigenvalue weighted by atomic mass is 32.2. The van der Waals surface area contributed by atoms with E-state index in [1.807, 2.05) is 0 Å². The summed E-state index contributed by atoms with van der Waals surface area (Å²) in [5, 5.41) is 9.35. The highest BCUT2D eigenvalue weighted by molar-refractivity contribution is 7.92. The van der Waals surface area contributed by atoms with Crippen molar-refractivity contribution < 1.29 is 22.7 Å². The van der Waals surface area contributed by atoms with Crippen LogP contribution in [-0.2, 0) is 10.0 Å². The van der Waals surface area contributed by atoms with E-state index >= 15 is 0 Å². The van der Waals surface area contributed by atoms with Crippen LogP contribution in [0.1, 0.15) is 10.6 Å². The van der Waals surface area contributed by atoms with Gasteiger partial charge in [0.2, 0.25) is 15.8 Å². The molecule has 7 heteroatoms. The molecule has 0 unspecified atom stereocenters. The summed E-state index contributed by atoms with van der Waals surface area (Å²) in [7, 11) is -3.57. The number of rotatable bonds is 3. The lowest BCUT2D eigenvalue weighted by atomic mass is 10.2. The van der Waals surface area contributed by atoms with E-state index in [2.05, 4.69) is 4.72 Å². The second-order valence-corrected chi connectivity index (χ2v) is 5.23. The van der Waals surface area contributed by atoms with Crippen LogP contribution in [0.4, 0.5) is 5.69 Å². The number of hydrogen-bond acceptors (Lipinski definition) is 4. The van der Waals surface area contributed by atoms with Crippen LogP contribution in [0.5, 0.6) is 0 Å². The fourth-order valence-electron chi connectivity index (χ4n) is 1.48. The summed E-state index contributed by atoms with van der Waals surface area (Å²) >= 11 is 0. The molecule has 2 N–H and O–H groups in total. The molecule has 0 spiro atoms. The number of anilines is 1. The maximum atomic E-state index is 11.2. The minimum atomic E-state index is -3.57. The lowest BCUT2D eigenvalue weighted by Gasteiger charge is -2.01. The average Bonchev–Trinajstić information content (AvgIpc) is 2.55. The molecule has 0 atom stereocenters. The number of nitrogens with one attached hydrogen (secondary N) is 1. The molecule has 0 saturated carbocycles. The average molecular weight is 255 g/mol. The Labute approximate surface area is 96.9 Å². The SMILES string of the molecule is CS(=O)(=O)Nc1c(C(=O)O)oc2ccccc12. The third-order valence-electron chi connectivity index (χ3n) is 2.08. The standard InChI is InChI=1S/C10H9NO5S/c1-17(14,15)11-8-6-4-2-3-5-7(6)16-9(8)10(12)13/h2-5,11H,1H3,(H,12,13). The lowest BCUT2D eigenvalue weighted by Crippen LogP contribution is -2.11. The Hall–Kier alpha value is -2.02. The number of aromatic carboxylic acids is 1. The molecular formula is C10H9NO5S. The van der Waals surface area contributed by atoms with Gasteiger partial charge in [-0.05, 0) is 12.1 Å². The number of sulfonamides is 1. The molecule has 1 heterocycles. The van der Waals surface area contributed by atoms with Crippen LogP contribution in [0.3, 0.4) is 0 Å². The summed E-state index contributed by atoms with van der Waals surface area (Å²) in [5.41, 5.74) is 0.270. The Bertz CT molecular complexity index is 686. The van der Waals surface area contributed by atoms with Crippen LogP contribution in [0.2, 0.25) is 0 Å². The molecule has 0 amide bonds. The predicted octanol–water partition coefficient (Wildman–Crippen LogP) is 1.50. The number of carbonyl (C=O) groups is 1. The van der Waals surface area contributed by atoms with Gasteiger partial charge in [-0.15, -0.1) is 0 Å². The van der Waals surface area contributed by atoms with Gasteiger partial charge in [-0.25, -0.2) is 13.2 Å². The summed E-state index contributed by atoms with van der Waals surface area (Å²) in [6.45, 7) is 0. The quantitative estimate of drug-likeness (QED) is 0.866. The van der Waals surface area contributed by atoms with Gasteiger partial charge in [0.25, 0.3) is 0 Å². The molecule has 0 aliphatic carbocycles. The zero-order chi connectivity index (χ0) is 12.6. The Kier molecular flexibility index (Phi) is 2.55. The number of furan rings is 1. The van der Waals surface area contributed by atoms with Crippen molar-refractivity contribution in [2.45, 2.75) is 0 Å². The number of carboxylic acids is 1. The third kappa shape index (κ3) is 2.23. The van der Waals surface area contributed by atoms with Gasteiger partial charge in [-0.3, -0.25) is 4.72 Å². The Morgan fingerprint density at radius 3 is 2.59 bits per heavy atom. The van der Waals surface area contributed by atoms with Gasteiger partial charge in [-0.2, -0.15) is 0 Å². The minimum absolute atomic E-state index is 0.0457. The smallest absolute Gasteiger partial charge is 0.374 e. The van der Waals surface area contributed by atoms with Crippen molar-refractivity contribution in [3.63, 3.8) is 0 Å². The highest BCUT2D eigenvalue weighted by Gasteiger charge is 2.21. The van der Waals surface area contributed by atoms with E-state index in [0.29, 0.717) is 11.0 Å². The molecule has 0 bridgehead atoms. The van der Waals surface area contributed by atoms with E-state index in [0.717, 1.165) is 6.26 Å². The topological polar surface area (TPSA) is 96.6 Å². The molecule has 90 valence electrons. The van der Waals surface area contributed by atoms with Crippen LogP contribution < -0.4 is 4.72 Å². The van der Waals surface area contributed by atoms with E-state index < -0.39 is 21.8 Å². The van der Waals surface area contributed by atoms with Gasteiger partial charge in [0, 0.05) is 5.39 Å². The summed E-state index contributed by atoms with van der Waals surface area (Å²) in [5.74, 6) is -1.75. The van der Waals surface area contributed by atoms with E-state index in [9.17, 15) is 13.2 Å². The largest absolute Gasteiger partial charge is 0.475 e. The minimum Gasteiger partial charge on any atom is -0.475 e. The van der Waals surface area contributed by atoms with E-state index in [1.165, 1.54) is 0 Å². The van der Waals surface area contributed by atoms with E-state index in [4.69, 9.17) is 9.52 Å². The van der Waals surface area contributed by atoms with E-state index in [-0.39, 0.29) is 5.69 Å². The molecule has 0 saturated heterocycles. The number of fused-ring (bicyclic) bond motifs is 1. The van der Waals surface area contributed by atoms with Gasteiger partial charge >= 0.3 is 5.97 Å². The molecule has 1 aromatic carbocycles. The normalized spacial score (nSPS) is 11.6. The predicted molar refractivity (Wildman–Crippen MR) is 61.6 cm³/mol. The first-order chi connectivity index (χ1) is 7.88. The summed E-state index contributed by atoms with van der Waals surface area (Å²) < 4.78 is 29.6. The molecule has 2 rings (SSSR count). The van der Waals surface area contributed by atoms with Crippen LogP contribution in [0.15, 0.2) is 28.7 Å². The highest BCUT2D eigenvalue weighted by Crippen LogP contribution is 2.31. The van der Waals surface area contributed by atoms with Crippen LogP contribution in [-0.4, -0.2) is 25.7 Å². The first-order valence-corrected chi connectivity index (χ1v) is 6.50. The molecule has 0 radical (unpaired) electrons. The molecule has 6 nitrogen and oxygen atoms in total. The zero-order valence-electron chi connectivity index (χ0n) is 8.80. The Morgan fingerprint density at radius 1 is 1.35 bits per heavy atom. The first-order valence-electron chi connectivity index (χ1n) is 4.61. The molecule has 17 heavy (non-hydrogen) atoms. The number of carboxylic acid groups (broad SMARTS) is 1. The summed E-state index contributed by atoms with van der Waals surface area (Å²) in [6, 6.07) is 6.48. The fourth-order valence-corrected chi connectivity index (χ4v) is 2.06. The molecule has 1 aromatic heterocycles. The Balaban J connectivity index is 2.72. The molecule has 0 aliphatic heterocycles. The molecule has 2 aromatic rings. The molecular weight excluding hydrogens is 246 g/mol. The third-order valence-corrected chi connectivity index (χ3v) is 2.65. The van der Waals surface area contributed by atoms with Gasteiger partial charge in [0.15, 0.2) is 0 Å². The van der Waals surface area contributed by atoms with Crippen LogP contribution >= 0.6 is 0 Å². The zero-order valence-corrected chi connectivity index (χ0v) is 9.61. The van der Waals surface area contributed by atoms with E-state index in [1.54, 1.807) is 24.3 Å².